The lowest BCUT2D eigenvalue weighted by Gasteiger charge is -2.36. The molecule has 1 heterocycles. The second kappa shape index (κ2) is 7.94. The van der Waals surface area contributed by atoms with Crippen LogP contribution < -0.4 is 9.80 Å². The Morgan fingerprint density at radius 1 is 0.862 bits per heavy atom. The van der Waals surface area contributed by atoms with E-state index in [1.54, 1.807) is 4.90 Å². The number of halogens is 2. The van der Waals surface area contributed by atoms with Crippen molar-refractivity contribution in [3.05, 3.63) is 93.4 Å². The summed E-state index contributed by atoms with van der Waals surface area (Å²) >= 11 is 6.89. The quantitative estimate of drug-likeness (QED) is 0.431. The zero-order valence-corrected chi connectivity index (χ0v) is 19.0. The van der Waals surface area contributed by atoms with E-state index < -0.39 is 11.8 Å². The van der Waals surface area contributed by atoms with Crippen molar-refractivity contribution in [1.82, 2.24) is 0 Å². The maximum atomic E-state index is 13.7. The van der Waals surface area contributed by atoms with Gasteiger partial charge in [-0.05, 0) is 60.5 Å². The second-order valence-corrected chi connectivity index (χ2v) is 8.82. The molecule has 0 bridgehead atoms. The van der Waals surface area contributed by atoms with Gasteiger partial charge >= 0.3 is 6.03 Å². The summed E-state index contributed by atoms with van der Waals surface area (Å²) in [5, 5.41) is 11.9. The van der Waals surface area contributed by atoms with E-state index in [4.69, 9.17) is 0 Å². The van der Waals surface area contributed by atoms with Crippen molar-refractivity contribution in [1.29, 1.82) is 0 Å². The van der Waals surface area contributed by atoms with E-state index in [1.165, 1.54) is 4.90 Å². The number of nitrogens with zero attached hydrogens (tertiary/aromatic N) is 2. The van der Waals surface area contributed by atoms with Gasteiger partial charge < -0.3 is 5.11 Å². The molecule has 3 aromatic carbocycles. The van der Waals surface area contributed by atoms with Gasteiger partial charge in [0.1, 0.15) is 6.04 Å². The maximum absolute atomic E-state index is 13.7. The van der Waals surface area contributed by atoms with Gasteiger partial charge in [0.05, 0.1) is 0 Å². The number of anilines is 2. The highest BCUT2D eigenvalue weighted by atomic mass is 79.9. The summed E-state index contributed by atoms with van der Waals surface area (Å²) in [6.07, 6.45) is 0.376. The van der Waals surface area contributed by atoms with Crippen molar-refractivity contribution >= 4 is 49.3 Å². The Hall–Kier alpha value is -2.15. The molecule has 4 nitrogen and oxygen atoms in total. The van der Waals surface area contributed by atoms with Gasteiger partial charge in [0.2, 0.25) is 0 Å². The van der Waals surface area contributed by atoms with Crippen LogP contribution in [0.2, 0.25) is 0 Å². The number of amides is 2. The summed E-state index contributed by atoms with van der Waals surface area (Å²) in [6.45, 7) is 1.90. The van der Waals surface area contributed by atoms with Crippen molar-refractivity contribution in [2.24, 2.45) is 0 Å². The van der Waals surface area contributed by atoms with Gasteiger partial charge in [0, 0.05) is 20.3 Å². The molecule has 0 aromatic heterocycles. The average molecular weight is 516 g/mol. The highest BCUT2D eigenvalue weighted by Crippen LogP contribution is 2.48. The standard InChI is InChI=1S/C23H20Br2N2O2/c1-2-23(29)21(16-6-4-3-5-7-16)26(19-12-8-17(24)9-13-19)22(28)27(23)20-14-10-18(25)11-15-20/h3-15,21,29H,2H2,1H3/t21-,23?/m0/s1. The molecule has 1 fully saturated rings. The third-order valence-corrected chi connectivity index (χ3v) is 6.36. The predicted molar refractivity (Wildman–Crippen MR) is 123 cm³/mol. The van der Waals surface area contributed by atoms with Gasteiger partial charge in [-0.25, -0.2) is 4.79 Å². The number of hydrogen-bond donors (Lipinski definition) is 1. The van der Waals surface area contributed by atoms with E-state index in [0.29, 0.717) is 12.1 Å². The molecule has 1 unspecified atom stereocenters. The van der Waals surface area contributed by atoms with Gasteiger partial charge in [0.25, 0.3) is 0 Å². The molecule has 2 amide bonds. The van der Waals surface area contributed by atoms with Gasteiger partial charge in [0.15, 0.2) is 5.72 Å². The van der Waals surface area contributed by atoms with Crippen molar-refractivity contribution in [2.75, 3.05) is 9.80 Å². The Morgan fingerprint density at radius 2 is 1.38 bits per heavy atom. The molecule has 0 spiro atoms. The van der Waals surface area contributed by atoms with Gasteiger partial charge in [-0.15, -0.1) is 0 Å². The van der Waals surface area contributed by atoms with E-state index in [0.717, 1.165) is 20.2 Å². The summed E-state index contributed by atoms with van der Waals surface area (Å²) in [5.74, 6) is 0. The molecule has 1 aliphatic rings. The van der Waals surface area contributed by atoms with E-state index >= 15 is 0 Å². The van der Waals surface area contributed by atoms with E-state index in [2.05, 4.69) is 31.9 Å². The summed E-state index contributed by atoms with van der Waals surface area (Å²) in [6, 6.07) is 23.9. The lowest BCUT2D eigenvalue weighted by atomic mass is 9.92. The molecule has 0 radical (unpaired) electrons. The minimum atomic E-state index is -1.40. The third-order valence-electron chi connectivity index (χ3n) is 5.31. The first kappa shape index (κ1) is 20.1. The van der Waals surface area contributed by atoms with Crippen LogP contribution in [0.5, 0.6) is 0 Å². The van der Waals surface area contributed by atoms with Crippen LogP contribution in [0.25, 0.3) is 0 Å². The number of rotatable bonds is 4. The van der Waals surface area contributed by atoms with Crippen LogP contribution in [0.1, 0.15) is 24.9 Å². The smallest absolute Gasteiger partial charge is 0.332 e. The summed E-state index contributed by atoms with van der Waals surface area (Å²) in [7, 11) is 0. The normalized spacial score (nSPS) is 21.7. The molecule has 4 rings (SSSR count). The fourth-order valence-corrected chi connectivity index (χ4v) is 4.43. The topological polar surface area (TPSA) is 43.8 Å². The third kappa shape index (κ3) is 3.50. The lowest BCUT2D eigenvalue weighted by Crippen LogP contribution is -2.48. The first-order chi connectivity index (χ1) is 14.0. The number of hydrogen-bond acceptors (Lipinski definition) is 2. The van der Waals surface area contributed by atoms with Crippen LogP contribution in [-0.4, -0.2) is 16.9 Å². The average Bonchev–Trinajstić information content (AvgIpc) is 2.97. The monoisotopic (exact) mass is 514 g/mol. The Morgan fingerprint density at radius 3 is 1.90 bits per heavy atom. The zero-order valence-electron chi connectivity index (χ0n) is 15.8. The van der Waals surface area contributed by atoms with Gasteiger partial charge in [-0.2, -0.15) is 0 Å². The number of carbonyl (C=O) groups excluding carboxylic acids is 1. The van der Waals surface area contributed by atoms with Crippen molar-refractivity contribution < 1.29 is 9.90 Å². The van der Waals surface area contributed by atoms with Crippen LogP contribution in [0.4, 0.5) is 16.2 Å². The predicted octanol–water partition coefficient (Wildman–Crippen LogP) is 6.50. The molecule has 0 saturated carbocycles. The molecule has 6 heteroatoms. The molecular formula is C23H20Br2N2O2. The maximum Gasteiger partial charge on any atom is 0.332 e. The Kier molecular flexibility index (Phi) is 5.51. The van der Waals surface area contributed by atoms with Crippen LogP contribution in [0, 0.1) is 0 Å². The summed E-state index contributed by atoms with van der Waals surface area (Å²) in [5.41, 5.74) is 0.869. The molecule has 29 heavy (non-hydrogen) atoms. The lowest BCUT2D eigenvalue weighted by molar-refractivity contribution is 0.0312. The number of benzene rings is 3. The first-order valence-corrected chi connectivity index (χ1v) is 11.0. The SMILES string of the molecule is CCC1(O)[C@H](c2ccccc2)N(c2ccc(Br)cc2)C(=O)N1c1ccc(Br)cc1. The fraction of sp³-hybridized carbons (Fsp3) is 0.174. The second-order valence-electron chi connectivity index (χ2n) is 6.99. The van der Waals surface area contributed by atoms with Gasteiger partial charge in [-0.3, -0.25) is 9.80 Å². The molecule has 2 atom stereocenters. The number of urea groups is 1. The largest absolute Gasteiger partial charge is 0.368 e. The van der Waals surface area contributed by atoms with Crippen LogP contribution in [-0.2, 0) is 0 Å². The first-order valence-electron chi connectivity index (χ1n) is 9.37. The Balaban J connectivity index is 1.91. The number of carbonyl (C=O) groups is 1. The molecule has 148 valence electrons. The minimum Gasteiger partial charge on any atom is -0.368 e. The highest BCUT2D eigenvalue weighted by molar-refractivity contribution is 9.10. The van der Waals surface area contributed by atoms with Crippen LogP contribution in [0.3, 0.4) is 0 Å². The fourth-order valence-electron chi connectivity index (χ4n) is 3.90. The molecule has 0 aliphatic carbocycles. The molecule has 3 aromatic rings. The van der Waals surface area contributed by atoms with E-state index in [-0.39, 0.29) is 6.03 Å². The molecule has 1 aliphatic heterocycles. The molecule has 1 N–H and O–H groups in total. The van der Waals surface area contributed by atoms with Crippen molar-refractivity contribution in [2.45, 2.75) is 25.1 Å². The highest BCUT2D eigenvalue weighted by Gasteiger charge is 2.57. The van der Waals surface area contributed by atoms with Crippen LogP contribution in [0.15, 0.2) is 87.8 Å². The Bertz CT molecular complexity index is 1010. The van der Waals surface area contributed by atoms with E-state index in [1.807, 2.05) is 85.8 Å². The van der Waals surface area contributed by atoms with Crippen molar-refractivity contribution in [3.63, 3.8) is 0 Å². The van der Waals surface area contributed by atoms with Gasteiger partial charge in [-0.1, -0.05) is 69.1 Å². The zero-order chi connectivity index (χ0) is 20.6. The molecular weight excluding hydrogens is 496 g/mol. The number of aliphatic hydroxyl groups is 1. The molecule has 1 saturated heterocycles. The van der Waals surface area contributed by atoms with Crippen LogP contribution >= 0.6 is 31.9 Å². The summed E-state index contributed by atoms with van der Waals surface area (Å²) < 4.78 is 1.84. The Labute approximate surface area is 187 Å². The summed E-state index contributed by atoms with van der Waals surface area (Å²) in [4.78, 5) is 16.9. The van der Waals surface area contributed by atoms with E-state index in [9.17, 15) is 9.90 Å². The van der Waals surface area contributed by atoms with Crippen molar-refractivity contribution in [3.8, 4) is 0 Å². The minimum absolute atomic E-state index is 0.257.